The molecular weight excluding hydrogens is 180 g/mol. The minimum atomic E-state index is -0.256. The molecule has 0 fully saturated rings. The van der Waals surface area contributed by atoms with Crippen LogP contribution >= 0.6 is 0 Å². The SMILES string of the molecule is CC(C)C(C)NC(=O)c1occc1N. The van der Waals surface area contributed by atoms with Crippen LogP contribution in [0.2, 0.25) is 0 Å². The van der Waals surface area contributed by atoms with Crippen LogP contribution in [0.25, 0.3) is 0 Å². The number of nitrogens with one attached hydrogen (secondary N) is 1. The Hall–Kier alpha value is -1.45. The van der Waals surface area contributed by atoms with Crippen LogP contribution in [0.4, 0.5) is 5.69 Å². The molecule has 0 bridgehead atoms. The average molecular weight is 196 g/mol. The Balaban J connectivity index is 2.64. The molecule has 1 rings (SSSR count). The smallest absolute Gasteiger partial charge is 0.289 e. The second-order valence-electron chi connectivity index (χ2n) is 3.71. The summed E-state index contributed by atoms with van der Waals surface area (Å²) >= 11 is 0. The lowest BCUT2D eigenvalue weighted by atomic mass is 10.1. The van der Waals surface area contributed by atoms with Crippen molar-refractivity contribution in [1.29, 1.82) is 0 Å². The second-order valence-corrected chi connectivity index (χ2v) is 3.71. The van der Waals surface area contributed by atoms with Crippen molar-refractivity contribution in [2.24, 2.45) is 5.92 Å². The standard InChI is InChI=1S/C10H16N2O2/c1-6(2)7(3)12-10(13)9-8(11)4-5-14-9/h4-7H,11H2,1-3H3,(H,12,13). The van der Waals surface area contributed by atoms with E-state index in [4.69, 9.17) is 10.2 Å². The summed E-state index contributed by atoms with van der Waals surface area (Å²) in [4.78, 5) is 11.6. The van der Waals surface area contributed by atoms with Gasteiger partial charge in [-0.05, 0) is 12.8 Å². The largest absolute Gasteiger partial charge is 0.457 e. The third kappa shape index (κ3) is 2.28. The third-order valence-electron chi connectivity index (χ3n) is 2.26. The zero-order valence-electron chi connectivity index (χ0n) is 8.70. The Morgan fingerprint density at radius 1 is 1.50 bits per heavy atom. The van der Waals surface area contributed by atoms with Gasteiger partial charge in [-0.25, -0.2) is 0 Å². The number of carbonyl (C=O) groups is 1. The fraction of sp³-hybridized carbons (Fsp3) is 0.500. The van der Waals surface area contributed by atoms with E-state index in [1.807, 2.05) is 20.8 Å². The molecule has 1 aromatic heterocycles. The number of nitrogen functional groups attached to an aromatic ring is 1. The minimum Gasteiger partial charge on any atom is -0.457 e. The lowest BCUT2D eigenvalue weighted by Gasteiger charge is -2.16. The Kier molecular flexibility index (Phi) is 3.17. The maximum absolute atomic E-state index is 11.6. The first-order valence-corrected chi connectivity index (χ1v) is 4.66. The maximum Gasteiger partial charge on any atom is 0.289 e. The van der Waals surface area contributed by atoms with Gasteiger partial charge in [-0.2, -0.15) is 0 Å². The summed E-state index contributed by atoms with van der Waals surface area (Å²) in [5.74, 6) is 0.321. The van der Waals surface area contributed by atoms with E-state index >= 15 is 0 Å². The van der Waals surface area contributed by atoms with Crippen LogP contribution in [-0.4, -0.2) is 11.9 Å². The van der Waals surface area contributed by atoms with Gasteiger partial charge in [0.05, 0.1) is 12.0 Å². The quantitative estimate of drug-likeness (QED) is 0.772. The van der Waals surface area contributed by atoms with Crippen molar-refractivity contribution in [1.82, 2.24) is 5.32 Å². The first-order valence-electron chi connectivity index (χ1n) is 4.66. The van der Waals surface area contributed by atoms with E-state index in [9.17, 15) is 4.79 Å². The molecule has 4 heteroatoms. The van der Waals surface area contributed by atoms with Gasteiger partial charge in [-0.15, -0.1) is 0 Å². The highest BCUT2D eigenvalue weighted by atomic mass is 16.3. The summed E-state index contributed by atoms with van der Waals surface area (Å²) in [6, 6.07) is 1.67. The molecule has 1 atom stereocenters. The van der Waals surface area contributed by atoms with Crippen LogP contribution in [0, 0.1) is 5.92 Å². The monoisotopic (exact) mass is 196 g/mol. The normalized spacial score (nSPS) is 12.9. The van der Waals surface area contributed by atoms with Crippen molar-refractivity contribution in [2.45, 2.75) is 26.8 Å². The highest BCUT2D eigenvalue weighted by molar-refractivity contribution is 5.96. The maximum atomic E-state index is 11.6. The van der Waals surface area contributed by atoms with E-state index in [0.717, 1.165) is 0 Å². The van der Waals surface area contributed by atoms with E-state index < -0.39 is 0 Å². The van der Waals surface area contributed by atoms with Gasteiger partial charge in [0.1, 0.15) is 0 Å². The Morgan fingerprint density at radius 3 is 2.57 bits per heavy atom. The van der Waals surface area contributed by atoms with Gasteiger partial charge < -0.3 is 15.5 Å². The number of amides is 1. The molecule has 0 aliphatic carbocycles. The van der Waals surface area contributed by atoms with E-state index in [1.165, 1.54) is 6.26 Å². The van der Waals surface area contributed by atoms with Crippen LogP contribution in [-0.2, 0) is 0 Å². The zero-order chi connectivity index (χ0) is 10.7. The number of furan rings is 1. The molecule has 1 unspecified atom stereocenters. The molecule has 0 saturated heterocycles. The van der Waals surface area contributed by atoms with Gasteiger partial charge in [0.25, 0.3) is 5.91 Å². The first kappa shape index (κ1) is 10.6. The van der Waals surface area contributed by atoms with Crippen molar-refractivity contribution in [2.75, 3.05) is 5.73 Å². The predicted molar refractivity (Wildman–Crippen MR) is 54.9 cm³/mol. The van der Waals surface area contributed by atoms with Crippen molar-refractivity contribution >= 4 is 11.6 Å². The topological polar surface area (TPSA) is 68.3 Å². The fourth-order valence-corrected chi connectivity index (χ4v) is 0.943. The van der Waals surface area contributed by atoms with Gasteiger partial charge in [-0.1, -0.05) is 13.8 Å². The van der Waals surface area contributed by atoms with Crippen molar-refractivity contribution in [3.8, 4) is 0 Å². The zero-order valence-corrected chi connectivity index (χ0v) is 8.70. The van der Waals surface area contributed by atoms with Gasteiger partial charge in [0, 0.05) is 12.1 Å². The lowest BCUT2D eigenvalue weighted by molar-refractivity contribution is 0.0903. The molecule has 0 saturated carbocycles. The van der Waals surface area contributed by atoms with Crippen molar-refractivity contribution in [3.05, 3.63) is 18.1 Å². The van der Waals surface area contributed by atoms with Crippen LogP contribution in [0.5, 0.6) is 0 Å². The summed E-state index contributed by atoms with van der Waals surface area (Å²) in [5.41, 5.74) is 5.91. The van der Waals surface area contributed by atoms with Crippen molar-refractivity contribution < 1.29 is 9.21 Å². The molecule has 0 aromatic carbocycles. The molecule has 0 spiro atoms. The van der Waals surface area contributed by atoms with Crippen LogP contribution in [0.1, 0.15) is 31.3 Å². The Labute approximate surface area is 83.5 Å². The summed E-state index contributed by atoms with van der Waals surface area (Å²) in [6.07, 6.45) is 1.41. The number of anilines is 1. The van der Waals surface area contributed by atoms with Gasteiger partial charge in [0.15, 0.2) is 0 Å². The summed E-state index contributed by atoms with van der Waals surface area (Å²) in [7, 11) is 0. The predicted octanol–water partition coefficient (Wildman–Crippen LogP) is 1.64. The van der Waals surface area contributed by atoms with Gasteiger partial charge in [0.2, 0.25) is 5.76 Å². The molecule has 0 radical (unpaired) electrons. The average Bonchev–Trinajstić information content (AvgIpc) is 2.51. The number of nitrogens with two attached hydrogens (primary N) is 1. The van der Waals surface area contributed by atoms with Crippen LogP contribution < -0.4 is 11.1 Å². The molecular formula is C10H16N2O2. The number of hydrogen-bond acceptors (Lipinski definition) is 3. The molecule has 1 heterocycles. The summed E-state index contributed by atoms with van der Waals surface area (Å²) < 4.78 is 4.97. The Morgan fingerprint density at radius 2 is 2.14 bits per heavy atom. The first-order chi connectivity index (χ1) is 6.52. The minimum absolute atomic E-state index is 0.104. The molecule has 0 aliphatic rings. The highest BCUT2D eigenvalue weighted by Crippen LogP contribution is 2.12. The van der Waals surface area contributed by atoms with Gasteiger partial charge in [-0.3, -0.25) is 4.79 Å². The number of rotatable bonds is 3. The Bertz CT molecular complexity index is 318. The summed E-state index contributed by atoms with van der Waals surface area (Å²) in [6.45, 7) is 6.02. The molecule has 14 heavy (non-hydrogen) atoms. The molecule has 1 aromatic rings. The summed E-state index contributed by atoms with van der Waals surface area (Å²) in [5, 5.41) is 2.81. The number of hydrogen-bond donors (Lipinski definition) is 2. The van der Waals surface area contributed by atoms with Gasteiger partial charge >= 0.3 is 0 Å². The van der Waals surface area contributed by atoms with E-state index in [-0.39, 0.29) is 17.7 Å². The third-order valence-corrected chi connectivity index (χ3v) is 2.26. The van der Waals surface area contributed by atoms with E-state index in [1.54, 1.807) is 6.07 Å². The molecule has 78 valence electrons. The van der Waals surface area contributed by atoms with Crippen molar-refractivity contribution in [3.63, 3.8) is 0 Å². The molecule has 1 amide bonds. The molecule has 4 nitrogen and oxygen atoms in total. The fourth-order valence-electron chi connectivity index (χ4n) is 0.943. The molecule has 0 aliphatic heterocycles. The highest BCUT2D eigenvalue weighted by Gasteiger charge is 2.16. The second kappa shape index (κ2) is 4.17. The van der Waals surface area contributed by atoms with Crippen LogP contribution in [0.15, 0.2) is 16.7 Å². The molecule has 3 N–H and O–H groups in total. The van der Waals surface area contributed by atoms with E-state index in [2.05, 4.69) is 5.32 Å². The van der Waals surface area contributed by atoms with Crippen LogP contribution in [0.3, 0.4) is 0 Å². The number of carbonyl (C=O) groups excluding carboxylic acids is 1. The lowest BCUT2D eigenvalue weighted by Crippen LogP contribution is -2.36. The van der Waals surface area contributed by atoms with E-state index in [0.29, 0.717) is 11.6 Å².